The van der Waals surface area contributed by atoms with Gasteiger partial charge in [0.05, 0.1) is 17.3 Å². The van der Waals surface area contributed by atoms with Crippen LogP contribution in [-0.2, 0) is 13.1 Å². The summed E-state index contributed by atoms with van der Waals surface area (Å²) in [5.74, 6) is 0. The zero-order valence-corrected chi connectivity index (χ0v) is 11.4. The summed E-state index contributed by atoms with van der Waals surface area (Å²) in [5.41, 5.74) is 2.39. The summed E-state index contributed by atoms with van der Waals surface area (Å²) in [7, 11) is 0. The van der Waals surface area contributed by atoms with E-state index >= 15 is 0 Å². The van der Waals surface area contributed by atoms with Gasteiger partial charge >= 0.3 is 0 Å². The second-order valence-electron chi connectivity index (χ2n) is 3.92. The van der Waals surface area contributed by atoms with E-state index in [0.29, 0.717) is 6.54 Å². The highest BCUT2D eigenvalue weighted by molar-refractivity contribution is 7.09. The van der Waals surface area contributed by atoms with Crippen LogP contribution in [0.15, 0.2) is 22.2 Å². The van der Waals surface area contributed by atoms with Crippen LogP contribution in [-0.4, -0.2) is 28.1 Å². The largest absolute Gasteiger partial charge is 0.395 e. The number of aromatic nitrogens is 1. The van der Waals surface area contributed by atoms with Crippen LogP contribution in [0.1, 0.15) is 16.3 Å². The lowest BCUT2D eigenvalue weighted by atomic mass is 10.3. The van der Waals surface area contributed by atoms with Crippen molar-refractivity contribution in [3.8, 4) is 0 Å². The van der Waals surface area contributed by atoms with Crippen LogP contribution in [0, 0.1) is 6.92 Å². The summed E-state index contributed by atoms with van der Waals surface area (Å²) in [6, 6.07) is 2.13. The van der Waals surface area contributed by atoms with E-state index in [1.165, 1.54) is 5.56 Å². The van der Waals surface area contributed by atoms with Crippen LogP contribution >= 0.6 is 22.7 Å². The Morgan fingerprint density at radius 3 is 2.82 bits per heavy atom. The monoisotopic (exact) mass is 268 g/mol. The lowest BCUT2D eigenvalue weighted by Crippen LogP contribution is -2.26. The SMILES string of the molecule is Cc1nc(CN(CCO)Cc2ccsc2)cs1. The number of hydrogen-bond donors (Lipinski definition) is 1. The Kier molecular flexibility index (Phi) is 4.67. The Balaban J connectivity index is 1.97. The number of hydrogen-bond acceptors (Lipinski definition) is 5. The molecule has 0 aliphatic rings. The van der Waals surface area contributed by atoms with E-state index in [2.05, 4.69) is 32.1 Å². The molecule has 0 aliphatic carbocycles. The highest BCUT2D eigenvalue weighted by atomic mass is 32.1. The van der Waals surface area contributed by atoms with Gasteiger partial charge in [0.2, 0.25) is 0 Å². The quantitative estimate of drug-likeness (QED) is 0.874. The second-order valence-corrected chi connectivity index (χ2v) is 5.77. The van der Waals surface area contributed by atoms with Gasteiger partial charge in [0.15, 0.2) is 0 Å². The standard InChI is InChI=1S/C12H16N2OS2/c1-10-13-12(9-17-10)7-14(3-4-15)6-11-2-5-16-8-11/h2,5,8-9,15H,3-4,6-7H2,1H3. The average Bonchev–Trinajstić information content (AvgIpc) is 2.91. The second kappa shape index (κ2) is 6.26. The predicted octanol–water partition coefficient (Wildman–Crippen LogP) is 2.51. The highest BCUT2D eigenvalue weighted by Crippen LogP contribution is 2.14. The molecular weight excluding hydrogens is 252 g/mol. The van der Waals surface area contributed by atoms with Crippen molar-refractivity contribution in [1.29, 1.82) is 0 Å². The number of nitrogens with zero attached hydrogens (tertiary/aromatic N) is 2. The van der Waals surface area contributed by atoms with E-state index in [4.69, 9.17) is 5.11 Å². The fourth-order valence-electron chi connectivity index (χ4n) is 1.71. The highest BCUT2D eigenvalue weighted by Gasteiger charge is 2.08. The van der Waals surface area contributed by atoms with Crippen molar-refractivity contribution in [3.05, 3.63) is 38.5 Å². The minimum atomic E-state index is 0.188. The molecule has 0 atom stereocenters. The van der Waals surface area contributed by atoms with E-state index < -0.39 is 0 Å². The molecule has 2 heterocycles. The van der Waals surface area contributed by atoms with Crippen molar-refractivity contribution in [2.75, 3.05) is 13.2 Å². The lowest BCUT2D eigenvalue weighted by Gasteiger charge is -2.19. The predicted molar refractivity (Wildman–Crippen MR) is 72.4 cm³/mol. The molecule has 0 radical (unpaired) electrons. The number of rotatable bonds is 6. The Bertz CT molecular complexity index is 439. The van der Waals surface area contributed by atoms with Crippen LogP contribution in [0.2, 0.25) is 0 Å². The van der Waals surface area contributed by atoms with Crippen LogP contribution in [0.5, 0.6) is 0 Å². The molecule has 1 N–H and O–H groups in total. The van der Waals surface area contributed by atoms with E-state index in [1.54, 1.807) is 22.7 Å². The summed E-state index contributed by atoms with van der Waals surface area (Å²) in [5, 5.41) is 16.5. The Labute approximate surface area is 109 Å². The molecule has 5 heteroatoms. The van der Waals surface area contributed by atoms with E-state index in [0.717, 1.165) is 23.8 Å². The number of aryl methyl sites for hydroxylation is 1. The van der Waals surface area contributed by atoms with Crippen molar-refractivity contribution in [2.45, 2.75) is 20.0 Å². The van der Waals surface area contributed by atoms with Gasteiger partial charge in [0, 0.05) is 25.0 Å². The summed E-state index contributed by atoms with van der Waals surface area (Å²) < 4.78 is 0. The van der Waals surface area contributed by atoms with Crippen LogP contribution < -0.4 is 0 Å². The molecule has 0 unspecified atom stereocenters. The van der Waals surface area contributed by atoms with Crippen molar-refractivity contribution in [3.63, 3.8) is 0 Å². The summed E-state index contributed by atoms with van der Waals surface area (Å²) >= 11 is 3.38. The molecule has 0 fully saturated rings. The fourth-order valence-corrected chi connectivity index (χ4v) is 2.97. The minimum absolute atomic E-state index is 0.188. The Hall–Kier alpha value is -0.750. The van der Waals surface area contributed by atoms with Gasteiger partial charge in [-0.15, -0.1) is 11.3 Å². The molecule has 17 heavy (non-hydrogen) atoms. The van der Waals surface area contributed by atoms with Crippen molar-refractivity contribution in [2.24, 2.45) is 0 Å². The lowest BCUT2D eigenvalue weighted by molar-refractivity contribution is 0.183. The molecule has 0 saturated heterocycles. The maximum absolute atomic E-state index is 9.09. The molecule has 0 aliphatic heterocycles. The molecule has 92 valence electrons. The van der Waals surface area contributed by atoms with Gasteiger partial charge in [-0.2, -0.15) is 11.3 Å². The zero-order chi connectivity index (χ0) is 12.1. The normalized spacial score (nSPS) is 11.2. The molecule has 3 nitrogen and oxygen atoms in total. The molecule has 0 bridgehead atoms. The molecule has 2 aromatic rings. The number of aliphatic hydroxyl groups excluding tert-OH is 1. The Morgan fingerprint density at radius 2 is 2.24 bits per heavy atom. The van der Waals surface area contributed by atoms with Gasteiger partial charge in [-0.3, -0.25) is 4.90 Å². The maximum atomic E-state index is 9.09. The summed E-state index contributed by atoms with van der Waals surface area (Å²) in [4.78, 5) is 6.68. The van der Waals surface area contributed by atoms with Gasteiger partial charge in [-0.25, -0.2) is 4.98 Å². The molecule has 0 spiro atoms. The van der Waals surface area contributed by atoms with Crippen LogP contribution in [0.4, 0.5) is 0 Å². The number of thiazole rings is 1. The summed E-state index contributed by atoms with van der Waals surface area (Å²) in [6.45, 7) is 4.57. The maximum Gasteiger partial charge on any atom is 0.0897 e. The first-order valence-electron chi connectivity index (χ1n) is 5.53. The number of thiophene rings is 1. The van der Waals surface area contributed by atoms with Crippen molar-refractivity contribution >= 4 is 22.7 Å². The van der Waals surface area contributed by atoms with Gasteiger partial charge in [0.1, 0.15) is 0 Å². The topological polar surface area (TPSA) is 36.4 Å². The molecule has 2 rings (SSSR count). The average molecular weight is 268 g/mol. The van der Waals surface area contributed by atoms with Gasteiger partial charge in [-0.1, -0.05) is 0 Å². The van der Waals surface area contributed by atoms with Crippen LogP contribution in [0.25, 0.3) is 0 Å². The van der Waals surface area contributed by atoms with E-state index in [-0.39, 0.29) is 6.61 Å². The first kappa shape index (κ1) is 12.7. The molecular formula is C12H16N2OS2. The van der Waals surface area contributed by atoms with Gasteiger partial charge in [0.25, 0.3) is 0 Å². The van der Waals surface area contributed by atoms with Gasteiger partial charge < -0.3 is 5.11 Å². The first-order chi connectivity index (χ1) is 8.28. The third-order valence-electron chi connectivity index (χ3n) is 2.45. The zero-order valence-electron chi connectivity index (χ0n) is 9.80. The third kappa shape index (κ3) is 3.89. The van der Waals surface area contributed by atoms with Crippen molar-refractivity contribution < 1.29 is 5.11 Å². The van der Waals surface area contributed by atoms with Crippen LogP contribution in [0.3, 0.4) is 0 Å². The third-order valence-corrected chi connectivity index (χ3v) is 4.01. The van der Waals surface area contributed by atoms with Gasteiger partial charge in [-0.05, 0) is 29.3 Å². The smallest absolute Gasteiger partial charge is 0.0897 e. The molecule has 0 aromatic carbocycles. The minimum Gasteiger partial charge on any atom is -0.395 e. The summed E-state index contributed by atoms with van der Waals surface area (Å²) in [6.07, 6.45) is 0. The van der Waals surface area contributed by atoms with Crippen molar-refractivity contribution in [1.82, 2.24) is 9.88 Å². The van der Waals surface area contributed by atoms with E-state index in [1.807, 2.05) is 6.92 Å². The van der Waals surface area contributed by atoms with E-state index in [9.17, 15) is 0 Å². The Morgan fingerprint density at radius 1 is 1.35 bits per heavy atom. The molecule has 0 saturated carbocycles. The first-order valence-corrected chi connectivity index (χ1v) is 7.35. The molecule has 2 aromatic heterocycles. The number of aliphatic hydroxyl groups is 1. The fraction of sp³-hybridized carbons (Fsp3) is 0.417. The molecule has 0 amide bonds.